The van der Waals surface area contributed by atoms with E-state index in [0.29, 0.717) is 25.9 Å². The van der Waals surface area contributed by atoms with Gasteiger partial charge in [-0.25, -0.2) is 4.79 Å². The summed E-state index contributed by atoms with van der Waals surface area (Å²) in [5.41, 5.74) is 0.781. The topological polar surface area (TPSA) is 90.0 Å². The van der Waals surface area contributed by atoms with Crippen LogP contribution in [0.25, 0.3) is 0 Å². The molecule has 148 valence electrons. The maximum absolute atomic E-state index is 12.7. The molecule has 1 heterocycles. The van der Waals surface area contributed by atoms with Crippen molar-refractivity contribution in [2.75, 3.05) is 33.4 Å². The van der Waals surface area contributed by atoms with Crippen LogP contribution in [0.2, 0.25) is 0 Å². The number of carbonyl (C=O) groups excluding carboxylic acids is 2. The first-order chi connectivity index (χ1) is 12.8. The minimum Gasteiger partial charge on any atom is -0.481 e. The molecule has 1 aromatic carbocycles. The number of urea groups is 1. The van der Waals surface area contributed by atoms with Crippen molar-refractivity contribution in [3.05, 3.63) is 29.8 Å². The molecule has 8 heteroatoms. The number of amides is 3. The Balaban J connectivity index is 1.99. The Morgan fingerprint density at radius 1 is 1.22 bits per heavy atom. The van der Waals surface area contributed by atoms with Crippen molar-refractivity contribution in [3.63, 3.8) is 0 Å². The van der Waals surface area contributed by atoms with E-state index in [9.17, 15) is 19.5 Å². The van der Waals surface area contributed by atoms with Gasteiger partial charge in [0.05, 0.1) is 12.5 Å². The molecule has 1 unspecified atom stereocenters. The zero-order chi connectivity index (χ0) is 20.0. The smallest absolute Gasteiger partial charge is 0.319 e. The molecule has 7 nitrogen and oxygen atoms in total. The summed E-state index contributed by atoms with van der Waals surface area (Å²) in [7, 11) is 3.42. The minimum atomic E-state index is -0.958. The number of likely N-dealkylation sites (tertiary alicyclic amines) is 1. The van der Waals surface area contributed by atoms with Crippen molar-refractivity contribution in [3.8, 4) is 0 Å². The molecule has 1 atom stereocenters. The van der Waals surface area contributed by atoms with Crippen molar-refractivity contribution in [2.45, 2.75) is 30.2 Å². The maximum Gasteiger partial charge on any atom is 0.319 e. The molecular weight excluding hydrogens is 366 g/mol. The number of thioether (sulfide) groups is 1. The van der Waals surface area contributed by atoms with Crippen molar-refractivity contribution in [1.29, 1.82) is 0 Å². The van der Waals surface area contributed by atoms with Crippen LogP contribution in [-0.4, -0.2) is 66.3 Å². The Labute approximate surface area is 164 Å². The summed E-state index contributed by atoms with van der Waals surface area (Å²) in [6, 6.07) is 6.95. The van der Waals surface area contributed by atoms with E-state index in [1.807, 2.05) is 30.5 Å². The second kappa shape index (κ2) is 9.64. The first kappa shape index (κ1) is 21.1. The molecule has 1 aliphatic rings. The monoisotopic (exact) mass is 393 g/mol. The van der Waals surface area contributed by atoms with Crippen LogP contribution in [0.1, 0.15) is 30.9 Å². The highest BCUT2D eigenvalue weighted by Crippen LogP contribution is 2.24. The Morgan fingerprint density at radius 3 is 2.30 bits per heavy atom. The number of rotatable bonds is 6. The molecule has 0 radical (unpaired) electrons. The molecule has 1 aliphatic heterocycles. The Morgan fingerprint density at radius 2 is 1.81 bits per heavy atom. The Hall–Kier alpha value is -2.22. The molecule has 1 aromatic rings. The summed E-state index contributed by atoms with van der Waals surface area (Å²) < 4.78 is 0. The van der Waals surface area contributed by atoms with Crippen LogP contribution in [0.3, 0.4) is 0 Å². The quantitative estimate of drug-likeness (QED) is 0.725. The molecule has 2 N–H and O–H groups in total. The standard InChI is InChI=1S/C19H27N3O4S/c1-21(2)19(26)22-10-8-14(9-11-22)18(25)20-16(12-17(23)24)13-4-6-15(27-3)7-5-13/h4-7,14,16H,8-12H2,1-3H3,(H,20,25)(H,23,24). The molecule has 0 aliphatic carbocycles. The fourth-order valence-electron chi connectivity index (χ4n) is 3.17. The van der Waals surface area contributed by atoms with E-state index in [-0.39, 0.29) is 24.3 Å². The number of hydrogen-bond acceptors (Lipinski definition) is 4. The normalized spacial score (nSPS) is 15.9. The lowest BCUT2D eigenvalue weighted by Gasteiger charge is -2.33. The lowest BCUT2D eigenvalue weighted by Crippen LogP contribution is -2.46. The van der Waals surface area contributed by atoms with Gasteiger partial charge in [-0.1, -0.05) is 12.1 Å². The number of carbonyl (C=O) groups is 3. The summed E-state index contributed by atoms with van der Waals surface area (Å²) in [5, 5.41) is 12.1. The van der Waals surface area contributed by atoms with Gasteiger partial charge in [0.1, 0.15) is 0 Å². The number of piperidine rings is 1. The molecule has 27 heavy (non-hydrogen) atoms. The summed E-state index contributed by atoms with van der Waals surface area (Å²) in [6.45, 7) is 1.06. The van der Waals surface area contributed by atoms with Crippen LogP contribution >= 0.6 is 11.8 Å². The van der Waals surface area contributed by atoms with Crippen molar-refractivity contribution < 1.29 is 19.5 Å². The van der Waals surface area contributed by atoms with E-state index in [2.05, 4.69) is 5.32 Å². The molecule has 2 rings (SSSR count). The third-order valence-corrected chi connectivity index (χ3v) is 5.48. The van der Waals surface area contributed by atoms with Gasteiger partial charge in [-0.3, -0.25) is 9.59 Å². The summed E-state index contributed by atoms with van der Waals surface area (Å²) in [5.74, 6) is -1.31. The number of aliphatic carboxylic acids is 1. The summed E-state index contributed by atoms with van der Waals surface area (Å²) >= 11 is 1.60. The van der Waals surface area contributed by atoms with Crippen LogP contribution in [-0.2, 0) is 9.59 Å². The van der Waals surface area contributed by atoms with Crippen LogP contribution in [0, 0.1) is 5.92 Å². The predicted molar refractivity (Wildman–Crippen MR) is 105 cm³/mol. The number of hydrogen-bond donors (Lipinski definition) is 2. The summed E-state index contributed by atoms with van der Waals surface area (Å²) in [4.78, 5) is 40.3. The molecule has 3 amide bonds. The fraction of sp³-hybridized carbons (Fsp3) is 0.526. The third kappa shape index (κ3) is 5.89. The van der Waals surface area contributed by atoms with Gasteiger partial charge in [-0.2, -0.15) is 0 Å². The molecule has 0 aromatic heterocycles. The maximum atomic E-state index is 12.7. The minimum absolute atomic E-state index is 0.0495. The lowest BCUT2D eigenvalue weighted by atomic mass is 9.94. The van der Waals surface area contributed by atoms with E-state index in [0.717, 1.165) is 10.5 Å². The lowest BCUT2D eigenvalue weighted by molar-refractivity contribution is -0.138. The average molecular weight is 394 g/mol. The Kier molecular flexibility index (Phi) is 7.53. The van der Waals surface area contributed by atoms with Gasteiger partial charge < -0.3 is 20.2 Å². The Bertz CT molecular complexity index is 670. The number of carboxylic acids is 1. The van der Waals surface area contributed by atoms with E-state index in [1.165, 1.54) is 4.90 Å². The zero-order valence-electron chi connectivity index (χ0n) is 16.0. The van der Waals surface area contributed by atoms with Gasteiger partial charge in [0, 0.05) is 38.0 Å². The molecule has 1 saturated heterocycles. The van der Waals surface area contributed by atoms with E-state index in [4.69, 9.17) is 0 Å². The SMILES string of the molecule is CSc1ccc(C(CC(=O)O)NC(=O)C2CCN(C(=O)N(C)C)CC2)cc1. The van der Waals surface area contributed by atoms with Gasteiger partial charge in [0.15, 0.2) is 0 Å². The molecule has 0 spiro atoms. The summed E-state index contributed by atoms with van der Waals surface area (Å²) in [6.07, 6.45) is 2.97. The van der Waals surface area contributed by atoms with Crippen LogP contribution < -0.4 is 5.32 Å². The van der Waals surface area contributed by atoms with Gasteiger partial charge in [-0.05, 0) is 36.8 Å². The van der Waals surface area contributed by atoms with Crippen LogP contribution in [0.15, 0.2) is 29.2 Å². The molecule has 0 bridgehead atoms. The average Bonchev–Trinajstić information content (AvgIpc) is 2.66. The number of nitrogens with one attached hydrogen (secondary N) is 1. The number of nitrogens with zero attached hydrogens (tertiary/aromatic N) is 2. The van der Waals surface area contributed by atoms with E-state index >= 15 is 0 Å². The van der Waals surface area contributed by atoms with Crippen molar-refractivity contribution in [1.82, 2.24) is 15.1 Å². The van der Waals surface area contributed by atoms with E-state index in [1.54, 1.807) is 30.8 Å². The van der Waals surface area contributed by atoms with Gasteiger partial charge in [0.2, 0.25) is 5.91 Å². The first-order valence-corrected chi connectivity index (χ1v) is 10.2. The third-order valence-electron chi connectivity index (χ3n) is 4.73. The highest BCUT2D eigenvalue weighted by atomic mass is 32.2. The van der Waals surface area contributed by atoms with Crippen molar-refractivity contribution in [2.24, 2.45) is 5.92 Å². The van der Waals surface area contributed by atoms with Gasteiger partial charge >= 0.3 is 12.0 Å². The zero-order valence-corrected chi connectivity index (χ0v) is 16.8. The van der Waals surface area contributed by atoms with E-state index < -0.39 is 12.0 Å². The van der Waals surface area contributed by atoms with Gasteiger partial charge in [0.25, 0.3) is 0 Å². The largest absolute Gasteiger partial charge is 0.481 e. The molecule has 0 saturated carbocycles. The van der Waals surface area contributed by atoms with Crippen molar-refractivity contribution >= 4 is 29.7 Å². The second-order valence-corrected chi connectivity index (χ2v) is 7.75. The molecular formula is C19H27N3O4S. The van der Waals surface area contributed by atoms with Crippen LogP contribution in [0.5, 0.6) is 0 Å². The fourth-order valence-corrected chi connectivity index (χ4v) is 3.58. The number of benzene rings is 1. The highest BCUT2D eigenvalue weighted by Gasteiger charge is 2.29. The first-order valence-electron chi connectivity index (χ1n) is 8.94. The molecule has 1 fully saturated rings. The second-order valence-electron chi connectivity index (χ2n) is 6.87. The van der Waals surface area contributed by atoms with Gasteiger partial charge in [-0.15, -0.1) is 11.8 Å². The van der Waals surface area contributed by atoms with Crippen LogP contribution in [0.4, 0.5) is 4.79 Å². The number of carboxylic acid groups (broad SMARTS) is 1. The predicted octanol–water partition coefficient (Wildman–Crippen LogP) is 2.43. The highest BCUT2D eigenvalue weighted by molar-refractivity contribution is 7.98.